The molecule has 4 nitrogen and oxygen atoms in total. The normalized spacial score (nSPS) is 10.9. The van der Waals surface area contributed by atoms with Gasteiger partial charge in [-0.2, -0.15) is 0 Å². The number of unbranched alkanes of at least 4 members (excludes halogenated alkanes) is 8. The second-order valence-corrected chi connectivity index (χ2v) is 5.89. The summed E-state index contributed by atoms with van der Waals surface area (Å²) in [6.07, 6.45) is 14.1. The number of carbonyl (C=O) groups excluding carboxylic acids is 1. The number of hydrogen-bond acceptors (Lipinski definition) is 3. The smallest absolute Gasteiger partial charge is 0.343 e. The predicted octanol–water partition coefficient (Wildman–Crippen LogP) is 5.59. The van der Waals surface area contributed by atoms with Gasteiger partial charge in [0.2, 0.25) is 0 Å². The highest BCUT2D eigenvalue weighted by atomic mass is 16.5. The van der Waals surface area contributed by atoms with Crippen LogP contribution in [0.5, 0.6) is 0 Å². The molecule has 0 radical (unpaired) electrons. The van der Waals surface area contributed by atoms with Crippen LogP contribution in [0.3, 0.4) is 0 Å². The van der Waals surface area contributed by atoms with Crippen molar-refractivity contribution in [1.29, 1.82) is 0 Å². The minimum absolute atomic E-state index is 0.0426. The van der Waals surface area contributed by atoms with Crippen molar-refractivity contribution in [2.75, 3.05) is 0 Å². The maximum Gasteiger partial charge on any atom is 0.343 e. The van der Waals surface area contributed by atoms with E-state index in [0.29, 0.717) is 0 Å². The number of aromatic carboxylic acids is 1. The lowest BCUT2D eigenvalue weighted by molar-refractivity contribution is 0.0631. The molecule has 0 heterocycles. The Balaban J connectivity index is 2.19. The first-order valence-electron chi connectivity index (χ1n) is 8.85. The molecule has 0 atom stereocenters. The quantitative estimate of drug-likeness (QED) is 0.308. The van der Waals surface area contributed by atoms with E-state index in [9.17, 15) is 9.59 Å². The van der Waals surface area contributed by atoms with Crippen molar-refractivity contribution in [3.8, 4) is 0 Å². The van der Waals surface area contributed by atoms with Crippen molar-refractivity contribution in [2.45, 2.75) is 64.7 Å². The molecule has 0 amide bonds. The molecule has 0 aliphatic heterocycles. The van der Waals surface area contributed by atoms with Crippen LogP contribution in [-0.2, 0) is 4.74 Å². The molecular formula is C20H28O4. The average molecular weight is 332 g/mol. The Bertz CT molecular complexity index is 534. The summed E-state index contributed by atoms with van der Waals surface area (Å²) in [5.74, 6) is -1.77. The maximum atomic E-state index is 11.9. The van der Waals surface area contributed by atoms with Crippen molar-refractivity contribution >= 4 is 11.9 Å². The zero-order chi connectivity index (χ0) is 17.6. The highest BCUT2D eigenvalue weighted by Gasteiger charge is 2.16. The highest BCUT2D eigenvalue weighted by molar-refractivity contribution is 6.02. The number of allylic oxidation sites excluding steroid dienone is 1. The third kappa shape index (κ3) is 7.95. The fourth-order valence-electron chi connectivity index (χ4n) is 2.49. The van der Waals surface area contributed by atoms with Crippen molar-refractivity contribution in [3.63, 3.8) is 0 Å². The van der Waals surface area contributed by atoms with Crippen LogP contribution >= 0.6 is 0 Å². The molecule has 1 rings (SSSR count). The first-order chi connectivity index (χ1) is 11.7. The number of carboxylic acids is 1. The lowest BCUT2D eigenvalue weighted by Gasteiger charge is -2.03. The van der Waals surface area contributed by atoms with Crippen LogP contribution in [-0.4, -0.2) is 17.0 Å². The molecule has 0 bridgehead atoms. The van der Waals surface area contributed by atoms with Gasteiger partial charge in [-0.3, -0.25) is 0 Å². The number of hydrogen-bond donors (Lipinski definition) is 1. The molecular weight excluding hydrogens is 304 g/mol. The molecule has 1 N–H and O–H groups in total. The van der Waals surface area contributed by atoms with Gasteiger partial charge in [-0.05, 0) is 31.1 Å². The summed E-state index contributed by atoms with van der Waals surface area (Å²) in [7, 11) is 0. The van der Waals surface area contributed by atoms with Crippen LogP contribution in [0.4, 0.5) is 0 Å². The van der Waals surface area contributed by atoms with E-state index in [0.717, 1.165) is 12.8 Å². The van der Waals surface area contributed by atoms with Gasteiger partial charge < -0.3 is 9.84 Å². The Kier molecular flexibility index (Phi) is 10.3. The molecule has 0 saturated heterocycles. The minimum atomic E-state index is -1.13. The molecule has 0 aromatic heterocycles. The van der Waals surface area contributed by atoms with Crippen molar-refractivity contribution in [1.82, 2.24) is 0 Å². The van der Waals surface area contributed by atoms with Crippen LogP contribution < -0.4 is 0 Å². The zero-order valence-corrected chi connectivity index (χ0v) is 14.5. The van der Waals surface area contributed by atoms with Gasteiger partial charge in [0.25, 0.3) is 0 Å². The number of benzene rings is 1. The maximum absolute atomic E-state index is 11.9. The summed E-state index contributed by atoms with van der Waals surface area (Å²) in [6, 6.07) is 6.05. The van der Waals surface area contributed by atoms with Gasteiger partial charge >= 0.3 is 11.9 Å². The van der Waals surface area contributed by atoms with E-state index >= 15 is 0 Å². The summed E-state index contributed by atoms with van der Waals surface area (Å²) in [5, 5.41) is 9.05. The Morgan fingerprint density at radius 1 is 0.958 bits per heavy atom. The molecule has 4 heteroatoms. The second-order valence-electron chi connectivity index (χ2n) is 5.89. The minimum Gasteiger partial charge on any atom is -0.478 e. The van der Waals surface area contributed by atoms with Crippen LogP contribution in [0.25, 0.3) is 0 Å². The first kappa shape index (κ1) is 19.9. The summed E-state index contributed by atoms with van der Waals surface area (Å²) >= 11 is 0. The fraction of sp³-hybridized carbons (Fsp3) is 0.500. The number of ether oxygens (including phenoxy) is 1. The van der Waals surface area contributed by atoms with Crippen LogP contribution in [0, 0.1) is 0 Å². The Labute approximate surface area is 144 Å². The van der Waals surface area contributed by atoms with E-state index in [-0.39, 0.29) is 11.1 Å². The third-order valence-electron chi connectivity index (χ3n) is 3.87. The number of rotatable bonds is 12. The molecule has 1 aromatic rings. The lowest BCUT2D eigenvalue weighted by Crippen LogP contribution is -2.09. The molecule has 132 valence electrons. The van der Waals surface area contributed by atoms with Gasteiger partial charge in [-0.1, -0.05) is 64.0 Å². The fourth-order valence-corrected chi connectivity index (χ4v) is 2.49. The van der Waals surface area contributed by atoms with Crippen LogP contribution in [0.15, 0.2) is 36.6 Å². The predicted molar refractivity (Wildman–Crippen MR) is 95.2 cm³/mol. The standard InChI is InChI=1S/C20H28O4/c1-2-3-4-5-6-7-8-9-10-13-16-24-20(23)18-15-12-11-14-17(18)19(21)22/h11-16H,2-10H2,1H3,(H,21,22)/b16-13+. The van der Waals surface area contributed by atoms with Gasteiger partial charge in [0.15, 0.2) is 0 Å². The summed E-state index contributed by atoms with van der Waals surface area (Å²) in [4.78, 5) is 23.0. The van der Waals surface area contributed by atoms with E-state index in [1.165, 1.54) is 63.3 Å². The molecule has 0 spiro atoms. The molecule has 0 fully saturated rings. The number of carboxylic acid groups (broad SMARTS) is 1. The van der Waals surface area contributed by atoms with Crippen LogP contribution in [0.2, 0.25) is 0 Å². The highest BCUT2D eigenvalue weighted by Crippen LogP contribution is 2.12. The molecule has 0 saturated carbocycles. The Morgan fingerprint density at radius 2 is 1.54 bits per heavy atom. The monoisotopic (exact) mass is 332 g/mol. The lowest BCUT2D eigenvalue weighted by atomic mass is 10.1. The van der Waals surface area contributed by atoms with Gasteiger partial charge in [0.1, 0.15) is 0 Å². The molecule has 0 aliphatic rings. The van der Waals surface area contributed by atoms with Gasteiger partial charge in [-0.15, -0.1) is 0 Å². The van der Waals surface area contributed by atoms with E-state index in [4.69, 9.17) is 9.84 Å². The Hall–Kier alpha value is -2.10. The summed E-state index contributed by atoms with van der Waals surface area (Å²) in [5.41, 5.74) is 0.0284. The molecule has 24 heavy (non-hydrogen) atoms. The SMILES string of the molecule is CCCCCCCCCC/C=C/OC(=O)c1ccccc1C(=O)O. The van der Waals surface area contributed by atoms with Crippen molar-refractivity contribution in [2.24, 2.45) is 0 Å². The largest absolute Gasteiger partial charge is 0.478 e. The van der Waals surface area contributed by atoms with Gasteiger partial charge in [-0.25, -0.2) is 9.59 Å². The van der Waals surface area contributed by atoms with Crippen molar-refractivity contribution in [3.05, 3.63) is 47.7 Å². The summed E-state index contributed by atoms with van der Waals surface area (Å²) < 4.78 is 5.01. The van der Waals surface area contributed by atoms with E-state index in [1.54, 1.807) is 12.1 Å². The van der Waals surface area contributed by atoms with E-state index < -0.39 is 11.9 Å². The molecule has 0 aliphatic carbocycles. The average Bonchev–Trinajstić information content (AvgIpc) is 2.59. The second kappa shape index (κ2) is 12.3. The first-order valence-corrected chi connectivity index (χ1v) is 8.85. The number of esters is 1. The van der Waals surface area contributed by atoms with Gasteiger partial charge in [0.05, 0.1) is 17.4 Å². The third-order valence-corrected chi connectivity index (χ3v) is 3.87. The zero-order valence-electron chi connectivity index (χ0n) is 14.5. The van der Waals surface area contributed by atoms with E-state index in [1.807, 2.05) is 6.08 Å². The topological polar surface area (TPSA) is 63.6 Å². The van der Waals surface area contributed by atoms with E-state index in [2.05, 4.69) is 6.92 Å². The number of carbonyl (C=O) groups is 2. The molecule has 1 aromatic carbocycles. The van der Waals surface area contributed by atoms with Crippen LogP contribution in [0.1, 0.15) is 85.4 Å². The summed E-state index contributed by atoms with van der Waals surface area (Å²) in [6.45, 7) is 2.22. The van der Waals surface area contributed by atoms with Crippen molar-refractivity contribution < 1.29 is 19.4 Å². The van der Waals surface area contributed by atoms with Gasteiger partial charge in [0, 0.05) is 0 Å². The Morgan fingerprint density at radius 3 is 2.17 bits per heavy atom. The molecule has 0 unspecified atom stereocenters.